The molecule has 3 aromatic rings. The number of rotatable bonds is 7. The molecule has 0 spiro atoms. The second kappa shape index (κ2) is 8.14. The lowest BCUT2D eigenvalue weighted by Crippen LogP contribution is -2.31. The average Bonchev–Trinajstić information content (AvgIpc) is 3.33. The highest BCUT2D eigenvalue weighted by molar-refractivity contribution is 6.02. The Bertz CT molecular complexity index is 1110. The third-order valence-electron chi connectivity index (χ3n) is 4.97. The van der Waals surface area contributed by atoms with Gasteiger partial charge in [-0.1, -0.05) is 0 Å². The van der Waals surface area contributed by atoms with Crippen LogP contribution in [0.4, 0.5) is 0 Å². The van der Waals surface area contributed by atoms with Crippen molar-refractivity contribution in [1.82, 2.24) is 20.3 Å². The molecular weight excluding hydrogens is 384 g/mol. The largest absolute Gasteiger partial charge is 0.490 e. The third kappa shape index (κ3) is 3.98. The van der Waals surface area contributed by atoms with E-state index in [1.165, 1.54) is 0 Å². The summed E-state index contributed by atoms with van der Waals surface area (Å²) in [6.07, 6.45) is 5.38. The number of ether oxygens (including phenoxy) is 2. The molecule has 4 rings (SSSR count). The predicted octanol–water partition coefficient (Wildman–Crippen LogP) is 3.19. The first-order valence-corrected chi connectivity index (χ1v) is 9.97. The van der Waals surface area contributed by atoms with Crippen molar-refractivity contribution in [3.8, 4) is 22.9 Å². The smallest absolute Gasteiger partial charge is 0.221 e. The van der Waals surface area contributed by atoms with Crippen molar-refractivity contribution in [1.29, 1.82) is 0 Å². The Balaban J connectivity index is 1.80. The van der Waals surface area contributed by atoms with Gasteiger partial charge >= 0.3 is 0 Å². The van der Waals surface area contributed by atoms with Crippen LogP contribution in [0.1, 0.15) is 42.9 Å². The number of aryl methyl sites for hydroxylation is 1. The maximum atomic E-state index is 11.7. The van der Waals surface area contributed by atoms with E-state index in [0.717, 1.165) is 40.6 Å². The number of nitrogens with zero attached hydrogens (tertiary/aromatic N) is 2. The molecule has 2 aromatic heterocycles. The fourth-order valence-corrected chi connectivity index (χ4v) is 3.58. The van der Waals surface area contributed by atoms with Gasteiger partial charge in [0.2, 0.25) is 11.8 Å². The molecule has 2 N–H and O–H groups in total. The van der Waals surface area contributed by atoms with Crippen molar-refractivity contribution < 1.29 is 19.1 Å². The first kappa shape index (κ1) is 19.9. The number of aldehydes is 1. The molecule has 1 amide bonds. The van der Waals surface area contributed by atoms with E-state index in [1.807, 2.05) is 20.8 Å². The number of benzene rings is 1. The van der Waals surface area contributed by atoms with Crippen LogP contribution < -0.4 is 14.8 Å². The van der Waals surface area contributed by atoms with Crippen LogP contribution >= 0.6 is 0 Å². The summed E-state index contributed by atoms with van der Waals surface area (Å²) in [6.45, 7) is 6.01. The number of aromatic nitrogens is 3. The van der Waals surface area contributed by atoms with Crippen LogP contribution in [0.3, 0.4) is 0 Å². The van der Waals surface area contributed by atoms with Gasteiger partial charge in [0, 0.05) is 23.6 Å². The zero-order valence-electron chi connectivity index (χ0n) is 17.2. The van der Waals surface area contributed by atoms with Crippen LogP contribution in [0.15, 0.2) is 24.5 Å². The number of carbonyl (C=O) groups is 2. The summed E-state index contributed by atoms with van der Waals surface area (Å²) in [5.41, 5.74) is 2.06. The Kier molecular flexibility index (Phi) is 5.39. The number of hydrogen-bond donors (Lipinski definition) is 2. The topological polar surface area (TPSA) is 106 Å². The van der Waals surface area contributed by atoms with Gasteiger partial charge in [-0.05, 0) is 44.7 Å². The Hall–Kier alpha value is -3.42. The van der Waals surface area contributed by atoms with E-state index < -0.39 is 0 Å². The summed E-state index contributed by atoms with van der Waals surface area (Å²) < 4.78 is 11.8. The normalized spacial score (nSPS) is 16.1. The van der Waals surface area contributed by atoms with Gasteiger partial charge in [0.15, 0.2) is 6.29 Å². The molecule has 1 aromatic carbocycles. The third-order valence-corrected chi connectivity index (χ3v) is 4.97. The summed E-state index contributed by atoms with van der Waals surface area (Å²) in [4.78, 5) is 35.2. The number of pyridine rings is 1. The molecule has 0 radical (unpaired) electrons. The second-order valence-corrected chi connectivity index (χ2v) is 7.69. The molecule has 1 saturated heterocycles. The van der Waals surface area contributed by atoms with Crippen molar-refractivity contribution in [2.45, 2.75) is 45.8 Å². The van der Waals surface area contributed by atoms with Crippen molar-refractivity contribution in [3.63, 3.8) is 0 Å². The number of carbonyl (C=O) groups excluding carboxylic acids is 2. The highest BCUT2D eigenvalue weighted by Crippen LogP contribution is 2.36. The van der Waals surface area contributed by atoms with Crippen LogP contribution in [0.2, 0.25) is 0 Å². The molecule has 8 heteroatoms. The maximum Gasteiger partial charge on any atom is 0.221 e. The Labute approximate surface area is 174 Å². The van der Waals surface area contributed by atoms with Crippen molar-refractivity contribution >= 4 is 23.0 Å². The lowest BCUT2D eigenvalue weighted by atomic mass is 10.0. The molecule has 156 valence electrons. The summed E-state index contributed by atoms with van der Waals surface area (Å²) >= 11 is 0. The SMILES string of the molecule is Cc1ncc(-c2cnc(OCC3CCC(=O)N3)c3cc(OC(C)C)c(C=O)cc23)[nH]1. The standard InChI is InChI=1S/C22H24N4O4/c1-12(2)30-20-7-17-16(6-14(20)10-27)18(19-9-23-13(3)25-19)8-24-22(17)29-11-15-4-5-21(28)26-15/h6-10,12,15H,4-5,11H2,1-3H3,(H,23,25)(H,26,28). The van der Waals surface area contributed by atoms with Crippen LogP contribution in [-0.4, -0.2) is 45.9 Å². The van der Waals surface area contributed by atoms with Crippen LogP contribution in [0.5, 0.6) is 11.6 Å². The monoisotopic (exact) mass is 408 g/mol. The number of fused-ring (bicyclic) bond motifs is 1. The van der Waals surface area contributed by atoms with E-state index in [-0.39, 0.29) is 18.1 Å². The predicted molar refractivity (Wildman–Crippen MR) is 112 cm³/mol. The highest BCUT2D eigenvalue weighted by Gasteiger charge is 2.22. The van der Waals surface area contributed by atoms with E-state index in [1.54, 1.807) is 24.5 Å². The number of H-pyrrole nitrogens is 1. The minimum absolute atomic E-state index is 0.0367. The highest BCUT2D eigenvalue weighted by atomic mass is 16.5. The lowest BCUT2D eigenvalue weighted by Gasteiger charge is -2.17. The van der Waals surface area contributed by atoms with Gasteiger partial charge in [0.1, 0.15) is 18.2 Å². The van der Waals surface area contributed by atoms with Gasteiger partial charge in [-0.2, -0.15) is 0 Å². The molecule has 1 atom stereocenters. The van der Waals surface area contributed by atoms with Gasteiger partial charge < -0.3 is 19.8 Å². The van der Waals surface area contributed by atoms with E-state index in [2.05, 4.69) is 20.3 Å². The fraction of sp³-hybridized carbons (Fsp3) is 0.364. The van der Waals surface area contributed by atoms with E-state index in [0.29, 0.717) is 30.2 Å². The molecule has 0 aliphatic carbocycles. The number of aromatic amines is 1. The number of imidazole rings is 1. The molecule has 1 fully saturated rings. The molecule has 30 heavy (non-hydrogen) atoms. The summed E-state index contributed by atoms with van der Waals surface area (Å²) in [5, 5.41) is 4.42. The van der Waals surface area contributed by atoms with Gasteiger partial charge in [-0.15, -0.1) is 0 Å². The van der Waals surface area contributed by atoms with Crippen molar-refractivity contribution in [3.05, 3.63) is 35.9 Å². The fourth-order valence-electron chi connectivity index (χ4n) is 3.58. The molecule has 1 aliphatic heterocycles. The lowest BCUT2D eigenvalue weighted by molar-refractivity contribution is -0.119. The maximum absolute atomic E-state index is 11.7. The van der Waals surface area contributed by atoms with E-state index in [9.17, 15) is 9.59 Å². The van der Waals surface area contributed by atoms with E-state index >= 15 is 0 Å². The van der Waals surface area contributed by atoms with Gasteiger partial charge in [-0.3, -0.25) is 9.59 Å². The van der Waals surface area contributed by atoms with Crippen LogP contribution in [0.25, 0.3) is 22.0 Å². The molecule has 3 heterocycles. The second-order valence-electron chi connectivity index (χ2n) is 7.69. The summed E-state index contributed by atoms with van der Waals surface area (Å²) in [7, 11) is 0. The molecule has 1 unspecified atom stereocenters. The quantitative estimate of drug-likeness (QED) is 0.582. The Morgan fingerprint density at radius 2 is 2.07 bits per heavy atom. The Morgan fingerprint density at radius 3 is 2.70 bits per heavy atom. The summed E-state index contributed by atoms with van der Waals surface area (Å²) in [5.74, 6) is 1.73. The minimum atomic E-state index is -0.0920. The molecular formula is C22H24N4O4. The first-order valence-electron chi connectivity index (χ1n) is 9.97. The molecule has 1 aliphatic rings. The zero-order valence-corrected chi connectivity index (χ0v) is 17.2. The van der Waals surface area contributed by atoms with Crippen molar-refractivity contribution in [2.24, 2.45) is 0 Å². The molecule has 0 saturated carbocycles. The molecule has 8 nitrogen and oxygen atoms in total. The zero-order chi connectivity index (χ0) is 21.3. The number of amides is 1. The number of nitrogens with one attached hydrogen (secondary N) is 2. The number of hydrogen-bond acceptors (Lipinski definition) is 6. The van der Waals surface area contributed by atoms with Gasteiger partial charge in [0.05, 0.1) is 29.6 Å². The minimum Gasteiger partial charge on any atom is -0.490 e. The van der Waals surface area contributed by atoms with Crippen molar-refractivity contribution in [2.75, 3.05) is 6.61 Å². The van der Waals surface area contributed by atoms with Gasteiger partial charge in [-0.25, -0.2) is 9.97 Å². The van der Waals surface area contributed by atoms with E-state index in [4.69, 9.17) is 9.47 Å². The van der Waals surface area contributed by atoms with Gasteiger partial charge in [0.25, 0.3) is 0 Å². The Morgan fingerprint density at radius 1 is 1.23 bits per heavy atom. The molecule has 0 bridgehead atoms. The summed E-state index contributed by atoms with van der Waals surface area (Å²) in [6, 6.07) is 3.55. The van der Waals surface area contributed by atoms with Crippen LogP contribution in [-0.2, 0) is 4.79 Å². The average molecular weight is 408 g/mol. The first-order chi connectivity index (χ1) is 14.4. The van der Waals surface area contributed by atoms with Crippen LogP contribution in [0, 0.1) is 6.92 Å².